The number of aromatic amines is 1. The first-order chi connectivity index (χ1) is 14.4. The van der Waals surface area contributed by atoms with E-state index < -0.39 is 27.8 Å². The average Bonchev–Trinajstić information content (AvgIpc) is 2.71. The minimum Gasteiger partial charge on any atom is -0.502 e. The van der Waals surface area contributed by atoms with Crippen LogP contribution in [-0.4, -0.2) is 31.5 Å². The molecule has 0 saturated carbocycles. The third-order valence-electron chi connectivity index (χ3n) is 5.10. The Hall–Kier alpha value is -3.40. The summed E-state index contributed by atoms with van der Waals surface area (Å²) in [4.78, 5) is 43.7. The summed E-state index contributed by atoms with van der Waals surface area (Å²) in [5.74, 6) is -0.510. The molecule has 0 radical (unpaired) electrons. The Morgan fingerprint density at radius 1 is 1.37 bits per heavy atom. The van der Waals surface area contributed by atoms with Gasteiger partial charge in [0.2, 0.25) is 0 Å². The van der Waals surface area contributed by atoms with E-state index in [9.17, 15) is 24.8 Å². The van der Waals surface area contributed by atoms with Gasteiger partial charge in [0.15, 0.2) is 16.7 Å². The highest BCUT2D eigenvalue weighted by molar-refractivity contribution is 7.99. The van der Waals surface area contributed by atoms with Gasteiger partial charge < -0.3 is 15.4 Å². The first kappa shape index (κ1) is 19.9. The molecule has 1 aromatic heterocycles. The molecule has 154 valence electrons. The first-order valence-electron chi connectivity index (χ1n) is 9.29. The molecular formula is C20H18N4O5S. The Bertz CT molecular complexity index is 1170. The molecule has 1 unspecified atom stereocenters. The number of phenolic OH excluding ortho intramolecular Hbond substituents is 1. The van der Waals surface area contributed by atoms with Gasteiger partial charge in [-0.3, -0.25) is 19.7 Å². The van der Waals surface area contributed by atoms with Crippen LogP contribution in [0.2, 0.25) is 0 Å². The molecule has 10 heteroatoms. The number of aromatic nitrogens is 2. The molecule has 0 bridgehead atoms. The molecule has 3 N–H and O–H groups in total. The van der Waals surface area contributed by atoms with Crippen molar-refractivity contribution in [2.24, 2.45) is 0 Å². The summed E-state index contributed by atoms with van der Waals surface area (Å²) in [6.45, 7) is 3.65. The summed E-state index contributed by atoms with van der Waals surface area (Å²) in [5.41, 5.74) is 0.797. The van der Waals surface area contributed by atoms with Gasteiger partial charge in [0, 0.05) is 35.4 Å². The Morgan fingerprint density at radius 2 is 2.17 bits per heavy atom. The zero-order valence-electron chi connectivity index (χ0n) is 15.8. The van der Waals surface area contributed by atoms with Gasteiger partial charge in [-0.05, 0) is 24.5 Å². The second kappa shape index (κ2) is 7.79. The fraction of sp³-hybridized carbons (Fsp3) is 0.250. The molecule has 4 rings (SSSR count). The van der Waals surface area contributed by atoms with Crippen LogP contribution in [0.1, 0.15) is 36.3 Å². The highest BCUT2D eigenvalue weighted by Gasteiger charge is 2.38. The summed E-state index contributed by atoms with van der Waals surface area (Å²) in [5, 5.41) is 24.7. The maximum absolute atomic E-state index is 13.0. The Morgan fingerprint density at radius 3 is 2.90 bits per heavy atom. The van der Waals surface area contributed by atoms with Gasteiger partial charge in [-0.25, -0.2) is 4.98 Å². The minimum absolute atomic E-state index is 0.111. The number of hydrogen-bond acceptors (Lipinski definition) is 8. The first-order valence-corrected chi connectivity index (χ1v) is 10.3. The van der Waals surface area contributed by atoms with Crippen LogP contribution in [0, 0.1) is 10.1 Å². The van der Waals surface area contributed by atoms with Crippen molar-refractivity contribution in [1.29, 1.82) is 0 Å². The van der Waals surface area contributed by atoms with Crippen LogP contribution in [0.25, 0.3) is 0 Å². The number of fused-ring (bicyclic) bond motifs is 1. The lowest BCUT2D eigenvalue weighted by atomic mass is 9.76. The zero-order chi connectivity index (χ0) is 21.4. The lowest BCUT2D eigenvalue weighted by molar-refractivity contribution is -0.385. The van der Waals surface area contributed by atoms with E-state index in [2.05, 4.69) is 21.9 Å². The van der Waals surface area contributed by atoms with Crippen molar-refractivity contribution in [3.63, 3.8) is 0 Å². The van der Waals surface area contributed by atoms with E-state index in [4.69, 9.17) is 0 Å². The molecule has 30 heavy (non-hydrogen) atoms. The monoisotopic (exact) mass is 426 g/mol. The summed E-state index contributed by atoms with van der Waals surface area (Å²) < 4.78 is 0. The molecule has 1 aliphatic heterocycles. The SMILES string of the molecule is C=CCSc1nc2c(c(=O)[nH]1)C(c1ccc(O)c([N+](=O)[O-])c1)C1=C(CCCC1=O)N2. The second-order valence-electron chi connectivity index (χ2n) is 6.97. The van der Waals surface area contributed by atoms with E-state index in [-0.39, 0.29) is 11.3 Å². The number of aromatic hydroxyl groups is 1. The van der Waals surface area contributed by atoms with E-state index in [1.165, 1.54) is 30.0 Å². The Kier molecular flexibility index (Phi) is 5.17. The minimum atomic E-state index is -0.807. The number of ketones is 1. The number of nitro groups is 1. The zero-order valence-corrected chi connectivity index (χ0v) is 16.6. The number of carbonyl (C=O) groups excluding carboxylic acids is 1. The van der Waals surface area contributed by atoms with E-state index in [1.54, 1.807) is 6.08 Å². The van der Waals surface area contributed by atoms with Crippen molar-refractivity contribution in [2.75, 3.05) is 11.1 Å². The Balaban J connectivity index is 1.94. The van der Waals surface area contributed by atoms with Crippen LogP contribution < -0.4 is 10.9 Å². The smallest absolute Gasteiger partial charge is 0.310 e. The maximum Gasteiger partial charge on any atom is 0.310 e. The number of rotatable bonds is 5. The van der Waals surface area contributed by atoms with Gasteiger partial charge in [-0.15, -0.1) is 6.58 Å². The maximum atomic E-state index is 13.0. The highest BCUT2D eigenvalue weighted by Crippen LogP contribution is 2.44. The van der Waals surface area contributed by atoms with Gasteiger partial charge in [-0.1, -0.05) is 23.9 Å². The van der Waals surface area contributed by atoms with Crippen LogP contribution in [0.3, 0.4) is 0 Å². The molecule has 1 atom stereocenters. The predicted octanol–water partition coefficient (Wildman–Crippen LogP) is 3.23. The van der Waals surface area contributed by atoms with Crippen molar-refractivity contribution in [3.05, 3.63) is 73.7 Å². The quantitative estimate of drug-likeness (QED) is 0.218. The normalized spacial score (nSPS) is 17.7. The number of phenols is 1. The molecule has 0 amide bonds. The number of anilines is 1. The third kappa shape index (κ3) is 3.39. The number of thioether (sulfide) groups is 1. The number of nitro benzene ring substituents is 1. The predicted molar refractivity (Wildman–Crippen MR) is 112 cm³/mol. The van der Waals surface area contributed by atoms with Crippen LogP contribution in [0.4, 0.5) is 11.5 Å². The van der Waals surface area contributed by atoms with Gasteiger partial charge in [0.1, 0.15) is 5.82 Å². The fourth-order valence-corrected chi connectivity index (χ4v) is 4.44. The summed E-state index contributed by atoms with van der Waals surface area (Å²) in [6, 6.07) is 3.91. The number of Topliss-reactive ketones (excluding diaryl/α,β-unsaturated/α-hetero) is 1. The summed E-state index contributed by atoms with van der Waals surface area (Å²) >= 11 is 1.31. The fourth-order valence-electron chi connectivity index (χ4n) is 3.85. The molecule has 2 heterocycles. The molecular weight excluding hydrogens is 408 g/mol. The van der Waals surface area contributed by atoms with Gasteiger partial charge in [-0.2, -0.15) is 0 Å². The van der Waals surface area contributed by atoms with Crippen molar-refractivity contribution in [3.8, 4) is 5.75 Å². The largest absolute Gasteiger partial charge is 0.502 e. The third-order valence-corrected chi connectivity index (χ3v) is 5.97. The standard InChI is InChI=1S/C20H18N4O5S/c1-2-8-30-20-22-18-17(19(27)23-20)15(16-11(21-18)4-3-5-14(16)26)10-6-7-13(25)12(9-10)24(28)29/h2,6-7,9,15,25H,1,3-5,8H2,(H2,21,22,23,27). The van der Waals surface area contributed by atoms with E-state index in [1.807, 2.05) is 0 Å². The number of H-pyrrole nitrogens is 1. The Labute approximate surface area is 175 Å². The number of nitrogens with zero attached hydrogens (tertiary/aromatic N) is 2. The van der Waals surface area contributed by atoms with Crippen LogP contribution in [0.15, 0.2) is 52.1 Å². The number of hydrogen-bond donors (Lipinski definition) is 3. The van der Waals surface area contributed by atoms with Gasteiger partial charge >= 0.3 is 5.69 Å². The van der Waals surface area contributed by atoms with Crippen LogP contribution in [0.5, 0.6) is 5.75 Å². The van der Waals surface area contributed by atoms with Crippen molar-refractivity contribution < 1.29 is 14.8 Å². The van der Waals surface area contributed by atoms with E-state index >= 15 is 0 Å². The molecule has 1 aromatic carbocycles. The molecule has 2 aromatic rings. The summed E-state index contributed by atoms with van der Waals surface area (Å²) in [7, 11) is 0. The molecule has 0 spiro atoms. The lowest BCUT2D eigenvalue weighted by Crippen LogP contribution is -2.32. The summed E-state index contributed by atoms with van der Waals surface area (Å²) in [6.07, 6.45) is 3.31. The number of carbonyl (C=O) groups is 1. The second-order valence-corrected chi connectivity index (χ2v) is 7.97. The highest BCUT2D eigenvalue weighted by atomic mass is 32.2. The molecule has 0 saturated heterocycles. The number of benzene rings is 1. The van der Waals surface area contributed by atoms with Crippen molar-refractivity contribution in [2.45, 2.75) is 30.3 Å². The van der Waals surface area contributed by atoms with Gasteiger partial charge in [0.05, 0.1) is 10.5 Å². The molecule has 2 aliphatic rings. The number of allylic oxidation sites excluding steroid dienone is 2. The average molecular weight is 426 g/mol. The van der Waals surface area contributed by atoms with Crippen LogP contribution >= 0.6 is 11.8 Å². The van der Waals surface area contributed by atoms with E-state index in [0.29, 0.717) is 52.8 Å². The van der Waals surface area contributed by atoms with Crippen molar-refractivity contribution >= 4 is 29.1 Å². The molecule has 1 aliphatic carbocycles. The lowest BCUT2D eigenvalue weighted by Gasteiger charge is -2.32. The van der Waals surface area contributed by atoms with Gasteiger partial charge in [0.25, 0.3) is 5.56 Å². The van der Waals surface area contributed by atoms with E-state index in [0.717, 1.165) is 0 Å². The van der Waals surface area contributed by atoms with Crippen molar-refractivity contribution in [1.82, 2.24) is 9.97 Å². The molecule has 9 nitrogen and oxygen atoms in total. The van der Waals surface area contributed by atoms with Crippen LogP contribution in [-0.2, 0) is 4.79 Å². The molecule has 0 fully saturated rings. The number of nitrogens with one attached hydrogen (secondary N) is 2. The topological polar surface area (TPSA) is 138 Å².